The Labute approximate surface area is 209 Å². The number of amides is 1. The number of pyridine rings is 1. The molecule has 1 fully saturated rings. The highest BCUT2D eigenvalue weighted by molar-refractivity contribution is 6.31. The molecule has 0 spiro atoms. The Kier molecular flexibility index (Phi) is 7.41. The fourth-order valence-corrected chi connectivity index (χ4v) is 4.04. The van der Waals surface area contributed by atoms with Crippen LogP contribution < -0.4 is 10.2 Å². The molecule has 4 rings (SSSR count). The van der Waals surface area contributed by atoms with Crippen LogP contribution in [0.5, 0.6) is 0 Å². The van der Waals surface area contributed by atoms with Crippen molar-refractivity contribution in [2.75, 3.05) is 36.4 Å². The van der Waals surface area contributed by atoms with Crippen LogP contribution in [-0.4, -0.2) is 46.9 Å². The van der Waals surface area contributed by atoms with Gasteiger partial charge in [-0.25, -0.2) is 4.98 Å². The maximum Gasteiger partial charge on any atom is 0.416 e. The zero-order chi connectivity index (χ0) is 25.9. The first-order valence-corrected chi connectivity index (χ1v) is 11.3. The molecule has 2 heterocycles. The molecule has 36 heavy (non-hydrogen) atoms. The van der Waals surface area contributed by atoms with Gasteiger partial charge in [0.15, 0.2) is 0 Å². The van der Waals surface area contributed by atoms with Gasteiger partial charge in [-0.1, -0.05) is 17.7 Å². The number of piperazine rings is 1. The molecule has 3 aromatic rings. The zero-order valence-electron chi connectivity index (χ0n) is 18.8. The topological polar surface area (TPSA) is 91.6 Å². The molecule has 0 bridgehead atoms. The number of rotatable bonds is 6. The molecule has 0 aliphatic carbocycles. The van der Waals surface area contributed by atoms with Crippen LogP contribution in [0.4, 0.5) is 30.4 Å². The molecule has 1 saturated heterocycles. The summed E-state index contributed by atoms with van der Waals surface area (Å²) in [5.74, 6) is 0.0316. The average molecular weight is 520 g/mol. The normalized spacial score (nSPS) is 14.5. The Balaban J connectivity index is 1.33. The van der Waals surface area contributed by atoms with Gasteiger partial charge in [-0.05, 0) is 42.0 Å². The van der Waals surface area contributed by atoms with Crippen LogP contribution in [0.1, 0.15) is 21.5 Å². The van der Waals surface area contributed by atoms with E-state index in [1.807, 2.05) is 0 Å². The zero-order valence-corrected chi connectivity index (χ0v) is 19.6. The fraction of sp³-hybridized carbons (Fsp3) is 0.250. The second-order valence-electron chi connectivity index (χ2n) is 8.23. The second kappa shape index (κ2) is 10.5. The van der Waals surface area contributed by atoms with Gasteiger partial charge in [-0.2, -0.15) is 13.2 Å². The number of alkyl halides is 3. The number of halogens is 4. The molecule has 188 valence electrons. The molecule has 8 nitrogen and oxygen atoms in total. The molecule has 1 amide bonds. The minimum absolute atomic E-state index is 0.00234. The lowest BCUT2D eigenvalue weighted by Gasteiger charge is -2.35. The van der Waals surface area contributed by atoms with Crippen LogP contribution >= 0.6 is 11.6 Å². The summed E-state index contributed by atoms with van der Waals surface area (Å²) in [5.41, 5.74) is 0.0558. The van der Waals surface area contributed by atoms with Gasteiger partial charge in [0.05, 0.1) is 22.4 Å². The molecular weight excluding hydrogens is 499 g/mol. The SMILES string of the molecule is O=C(Nc1ccc(N2CCN(Cc3cc([N+](=O)[O-])ccc3Cl)CC2)nc1)c1cccc(C(F)(F)F)c1. The number of carbonyl (C=O) groups is 1. The predicted octanol–water partition coefficient (Wildman–Crippen LogP) is 5.24. The largest absolute Gasteiger partial charge is 0.416 e. The number of aromatic nitrogens is 1. The molecule has 1 N–H and O–H groups in total. The Morgan fingerprint density at radius 2 is 1.83 bits per heavy atom. The van der Waals surface area contributed by atoms with Crippen LogP contribution in [0.3, 0.4) is 0 Å². The minimum Gasteiger partial charge on any atom is -0.354 e. The van der Waals surface area contributed by atoms with Crippen molar-refractivity contribution in [1.29, 1.82) is 0 Å². The van der Waals surface area contributed by atoms with Gasteiger partial charge < -0.3 is 10.2 Å². The first-order chi connectivity index (χ1) is 17.1. The van der Waals surface area contributed by atoms with Gasteiger partial charge in [-0.15, -0.1) is 0 Å². The van der Waals surface area contributed by atoms with Crippen molar-refractivity contribution in [3.8, 4) is 0 Å². The molecule has 0 saturated carbocycles. The summed E-state index contributed by atoms with van der Waals surface area (Å²) in [6.45, 7) is 3.19. The number of carbonyl (C=O) groups excluding carboxylic acids is 1. The third-order valence-corrected chi connectivity index (χ3v) is 6.16. The maximum absolute atomic E-state index is 12.9. The standard InChI is InChI=1S/C24H21ClF3N5O3/c25-21-6-5-20(33(35)36)13-17(21)15-31-8-10-32(11-9-31)22-7-4-19(14-29-22)30-23(34)16-2-1-3-18(12-16)24(26,27)28/h1-7,12-14H,8-11,15H2,(H,30,34). The first-order valence-electron chi connectivity index (χ1n) is 10.9. The molecule has 0 radical (unpaired) electrons. The molecule has 12 heteroatoms. The highest BCUT2D eigenvalue weighted by atomic mass is 35.5. The average Bonchev–Trinajstić information content (AvgIpc) is 2.86. The Hall–Kier alpha value is -3.70. The van der Waals surface area contributed by atoms with Gasteiger partial charge in [0.2, 0.25) is 0 Å². The lowest BCUT2D eigenvalue weighted by molar-refractivity contribution is -0.384. The molecule has 2 aromatic carbocycles. The number of hydrogen-bond acceptors (Lipinski definition) is 6. The Morgan fingerprint density at radius 3 is 2.47 bits per heavy atom. The molecule has 1 aliphatic heterocycles. The lowest BCUT2D eigenvalue weighted by atomic mass is 10.1. The third kappa shape index (κ3) is 6.10. The van der Waals surface area contributed by atoms with Crippen LogP contribution in [0.2, 0.25) is 5.02 Å². The van der Waals surface area contributed by atoms with Gasteiger partial charge in [0.1, 0.15) is 5.82 Å². The number of non-ortho nitro benzene ring substituents is 1. The van der Waals surface area contributed by atoms with Crippen LogP contribution in [-0.2, 0) is 12.7 Å². The summed E-state index contributed by atoms with van der Waals surface area (Å²) in [4.78, 5) is 31.5. The summed E-state index contributed by atoms with van der Waals surface area (Å²) < 4.78 is 38.7. The summed E-state index contributed by atoms with van der Waals surface area (Å²) in [7, 11) is 0. The van der Waals surface area contributed by atoms with E-state index in [0.29, 0.717) is 54.8 Å². The van der Waals surface area contributed by atoms with Crippen molar-refractivity contribution < 1.29 is 22.9 Å². The summed E-state index contributed by atoms with van der Waals surface area (Å²) in [6, 6.07) is 12.0. The number of hydrogen-bond donors (Lipinski definition) is 1. The van der Waals surface area contributed by atoms with E-state index in [9.17, 15) is 28.1 Å². The Morgan fingerprint density at radius 1 is 1.08 bits per heavy atom. The molecule has 0 atom stereocenters. The Bertz CT molecular complexity index is 1260. The van der Waals surface area contributed by atoms with Crippen molar-refractivity contribution in [2.45, 2.75) is 12.7 Å². The molecular formula is C24H21ClF3N5O3. The summed E-state index contributed by atoms with van der Waals surface area (Å²) in [6.07, 6.45) is -3.08. The van der Waals surface area contributed by atoms with Crippen molar-refractivity contribution in [2.24, 2.45) is 0 Å². The summed E-state index contributed by atoms with van der Waals surface area (Å²) in [5, 5.41) is 14.1. The number of anilines is 2. The van der Waals surface area contributed by atoms with Gasteiger partial charge >= 0.3 is 6.18 Å². The smallest absolute Gasteiger partial charge is 0.354 e. The van der Waals surface area contributed by atoms with Crippen LogP contribution in [0, 0.1) is 10.1 Å². The molecule has 1 aliphatic rings. The monoisotopic (exact) mass is 519 g/mol. The van der Waals surface area contributed by atoms with Crippen molar-refractivity contribution in [1.82, 2.24) is 9.88 Å². The maximum atomic E-state index is 12.9. The van der Waals surface area contributed by atoms with E-state index in [4.69, 9.17) is 11.6 Å². The highest BCUT2D eigenvalue weighted by Crippen LogP contribution is 2.30. The number of nitro groups is 1. The number of nitrogens with zero attached hydrogens (tertiary/aromatic N) is 4. The van der Waals surface area contributed by atoms with E-state index in [-0.39, 0.29) is 11.3 Å². The van der Waals surface area contributed by atoms with Crippen molar-refractivity contribution in [3.05, 3.63) is 92.6 Å². The van der Waals surface area contributed by atoms with Gasteiger partial charge in [0.25, 0.3) is 11.6 Å². The van der Waals surface area contributed by atoms with E-state index in [1.54, 1.807) is 12.1 Å². The van der Waals surface area contributed by atoms with Crippen LogP contribution in [0.25, 0.3) is 0 Å². The van der Waals surface area contributed by atoms with Gasteiger partial charge in [0, 0.05) is 55.4 Å². The predicted molar refractivity (Wildman–Crippen MR) is 129 cm³/mol. The number of nitro benzene ring substituents is 1. The first kappa shape index (κ1) is 25.4. The highest BCUT2D eigenvalue weighted by Gasteiger charge is 2.31. The second-order valence-corrected chi connectivity index (χ2v) is 8.64. The minimum atomic E-state index is -4.53. The van der Waals surface area contributed by atoms with Crippen molar-refractivity contribution >= 4 is 34.7 Å². The summed E-state index contributed by atoms with van der Waals surface area (Å²) >= 11 is 6.21. The molecule has 1 aromatic heterocycles. The molecule has 0 unspecified atom stereocenters. The van der Waals surface area contributed by atoms with E-state index in [0.717, 1.165) is 12.1 Å². The third-order valence-electron chi connectivity index (χ3n) is 5.79. The number of nitrogens with one attached hydrogen (secondary N) is 1. The fourth-order valence-electron chi connectivity index (χ4n) is 3.86. The van der Waals surface area contributed by atoms with E-state index in [2.05, 4.69) is 20.1 Å². The van der Waals surface area contributed by atoms with E-state index in [1.165, 1.54) is 36.5 Å². The van der Waals surface area contributed by atoms with Crippen LogP contribution in [0.15, 0.2) is 60.8 Å². The van der Waals surface area contributed by atoms with Crippen molar-refractivity contribution in [3.63, 3.8) is 0 Å². The quantitative estimate of drug-likeness (QED) is 0.354. The van der Waals surface area contributed by atoms with E-state index >= 15 is 0 Å². The van der Waals surface area contributed by atoms with Gasteiger partial charge in [-0.3, -0.25) is 19.8 Å². The number of benzene rings is 2. The van der Waals surface area contributed by atoms with E-state index < -0.39 is 22.6 Å². The lowest BCUT2D eigenvalue weighted by Crippen LogP contribution is -2.46.